The van der Waals surface area contributed by atoms with Crippen molar-refractivity contribution in [3.8, 4) is 5.75 Å². The van der Waals surface area contributed by atoms with Crippen LogP contribution in [-0.4, -0.2) is 30.3 Å². The van der Waals surface area contributed by atoms with E-state index in [4.69, 9.17) is 15.6 Å². The third-order valence-corrected chi connectivity index (χ3v) is 2.98. The average molecular weight is 236 g/mol. The Hall–Kier alpha value is -1.75. The molecular weight excluding hydrogens is 220 g/mol. The van der Waals surface area contributed by atoms with Crippen LogP contribution in [-0.2, 0) is 11.3 Å². The van der Waals surface area contributed by atoms with Crippen LogP contribution >= 0.6 is 0 Å². The van der Waals surface area contributed by atoms with E-state index in [-0.39, 0.29) is 0 Å². The van der Waals surface area contributed by atoms with Crippen LogP contribution in [0.25, 0.3) is 0 Å². The van der Waals surface area contributed by atoms with Gasteiger partial charge in [0.15, 0.2) is 0 Å². The van der Waals surface area contributed by atoms with Gasteiger partial charge in [0, 0.05) is 6.54 Å². The van der Waals surface area contributed by atoms with Crippen molar-refractivity contribution in [2.45, 2.75) is 19.5 Å². The van der Waals surface area contributed by atoms with Crippen molar-refractivity contribution < 1.29 is 14.6 Å². The van der Waals surface area contributed by atoms with Gasteiger partial charge in [-0.1, -0.05) is 6.07 Å². The van der Waals surface area contributed by atoms with Crippen molar-refractivity contribution in [1.82, 2.24) is 0 Å². The van der Waals surface area contributed by atoms with E-state index >= 15 is 0 Å². The number of ether oxygens (including phenoxy) is 1. The Kier molecular flexibility index (Phi) is 3.19. The molecule has 1 aliphatic rings. The highest BCUT2D eigenvalue weighted by atomic mass is 16.5. The van der Waals surface area contributed by atoms with E-state index < -0.39 is 12.0 Å². The Morgan fingerprint density at radius 2 is 2.41 bits per heavy atom. The lowest BCUT2D eigenvalue weighted by atomic mass is 10.1. The Morgan fingerprint density at radius 1 is 1.65 bits per heavy atom. The fraction of sp³-hybridized carbons (Fsp3) is 0.417. The summed E-state index contributed by atoms with van der Waals surface area (Å²) in [7, 11) is 0. The van der Waals surface area contributed by atoms with Gasteiger partial charge in [0.2, 0.25) is 0 Å². The van der Waals surface area contributed by atoms with E-state index in [1.165, 1.54) is 0 Å². The minimum atomic E-state index is -0.833. The molecule has 17 heavy (non-hydrogen) atoms. The molecule has 0 saturated heterocycles. The molecule has 0 amide bonds. The Balaban J connectivity index is 2.34. The molecule has 2 rings (SSSR count). The number of hydrogen-bond donors (Lipinski definition) is 2. The molecule has 5 nitrogen and oxygen atoms in total. The van der Waals surface area contributed by atoms with E-state index in [1.807, 2.05) is 23.1 Å². The summed E-state index contributed by atoms with van der Waals surface area (Å²) in [6, 6.07) is 5.09. The first-order chi connectivity index (χ1) is 8.13. The van der Waals surface area contributed by atoms with Crippen LogP contribution in [0.5, 0.6) is 5.75 Å². The molecule has 0 aliphatic carbocycles. The predicted octanol–water partition coefficient (Wildman–Crippen LogP) is 0.817. The van der Waals surface area contributed by atoms with Gasteiger partial charge in [-0.05, 0) is 24.6 Å². The molecule has 1 heterocycles. The molecule has 92 valence electrons. The highest BCUT2D eigenvalue weighted by molar-refractivity contribution is 5.79. The molecule has 0 aromatic heterocycles. The number of aliphatic carboxylic acids is 1. The summed E-state index contributed by atoms with van der Waals surface area (Å²) in [5.74, 6) is -0.118. The molecule has 1 atom stereocenters. The van der Waals surface area contributed by atoms with Crippen molar-refractivity contribution in [2.75, 3.05) is 18.1 Å². The van der Waals surface area contributed by atoms with E-state index in [0.29, 0.717) is 25.4 Å². The van der Waals surface area contributed by atoms with Crippen LogP contribution in [0.3, 0.4) is 0 Å². The van der Waals surface area contributed by atoms with E-state index in [2.05, 4.69) is 0 Å². The maximum absolute atomic E-state index is 11.0. The molecule has 5 heteroatoms. The summed E-state index contributed by atoms with van der Waals surface area (Å²) in [6.45, 7) is 3.21. The number of fused-ring (bicyclic) bond motifs is 1. The smallest absolute Gasteiger partial charge is 0.326 e. The standard InChI is InChI=1S/C12H16N2O3/c1-8(12(15)16)14-4-5-17-11-6-9(7-13)2-3-10(11)14/h2-3,6,8H,4-5,7,13H2,1H3,(H,15,16). The van der Waals surface area contributed by atoms with Gasteiger partial charge >= 0.3 is 5.97 Å². The number of carboxylic acid groups (broad SMARTS) is 1. The van der Waals surface area contributed by atoms with Gasteiger partial charge in [0.05, 0.1) is 12.2 Å². The molecule has 0 radical (unpaired) electrons. The van der Waals surface area contributed by atoms with E-state index in [0.717, 1.165) is 11.3 Å². The summed E-state index contributed by atoms with van der Waals surface area (Å²) >= 11 is 0. The molecule has 1 aromatic carbocycles. The number of anilines is 1. The van der Waals surface area contributed by atoms with Gasteiger partial charge in [-0.15, -0.1) is 0 Å². The fourth-order valence-electron chi connectivity index (χ4n) is 1.95. The lowest BCUT2D eigenvalue weighted by Crippen LogP contribution is -2.43. The zero-order valence-corrected chi connectivity index (χ0v) is 9.72. The van der Waals surface area contributed by atoms with Gasteiger partial charge in [0.1, 0.15) is 18.4 Å². The molecule has 0 saturated carbocycles. The van der Waals surface area contributed by atoms with Crippen LogP contribution in [0.15, 0.2) is 18.2 Å². The highest BCUT2D eigenvalue weighted by Gasteiger charge is 2.26. The Morgan fingerprint density at radius 3 is 3.06 bits per heavy atom. The average Bonchev–Trinajstić information content (AvgIpc) is 2.36. The summed E-state index contributed by atoms with van der Waals surface area (Å²) in [6.07, 6.45) is 0. The Bertz CT molecular complexity index is 434. The molecule has 1 unspecified atom stereocenters. The van der Waals surface area contributed by atoms with Crippen molar-refractivity contribution in [3.63, 3.8) is 0 Å². The monoisotopic (exact) mass is 236 g/mol. The maximum atomic E-state index is 11.0. The molecule has 0 spiro atoms. The number of nitrogens with zero attached hydrogens (tertiary/aromatic N) is 1. The summed E-state index contributed by atoms with van der Waals surface area (Å²) in [5.41, 5.74) is 7.37. The number of nitrogens with two attached hydrogens (primary N) is 1. The normalized spacial score (nSPS) is 16.0. The maximum Gasteiger partial charge on any atom is 0.326 e. The second kappa shape index (κ2) is 4.63. The first-order valence-electron chi connectivity index (χ1n) is 5.58. The van der Waals surface area contributed by atoms with Gasteiger partial charge < -0.3 is 20.5 Å². The highest BCUT2D eigenvalue weighted by Crippen LogP contribution is 2.33. The molecular formula is C12H16N2O3. The van der Waals surface area contributed by atoms with Crippen LogP contribution in [0, 0.1) is 0 Å². The summed E-state index contributed by atoms with van der Waals surface area (Å²) < 4.78 is 5.54. The second-order valence-corrected chi connectivity index (χ2v) is 4.06. The van der Waals surface area contributed by atoms with Crippen molar-refractivity contribution in [1.29, 1.82) is 0 Å². The third-order valence-electron chi connectivity index (χ3n) is 2.98. The first kappa shape index (κ1) is 11.7. The predicted molar refractivity (Wildman–Crippen MR) is 64.3 cm³/mol. The third kappa shape index (κ3) is 2.19. The zero-order chi connectivity index (χ0) is 12.4. The molecule has 1 aliphatic heterocycles. The number of benzene rings is 1. The SMILES string of the molecule is CC(C(=O)O)N1CCOc2cc(CN)ccc21. The zero-order valence-electron chi connectivity index (χ0n) is 9.72. The van der Waals surface area contributed by atoms with Gasteiger partial charge in [-0.2, -0.15) is 0 Å². The molecule has 3 N–H and O–H groups in total. The van der Waals surface area contributed by atoms with Gasteiger partial charge in [-0.25, -0.2) is 4.79 Å². The number of rotatable bonds is 3. The second-order valence-electron chi connectivity index (χ2n) is 4.06. The Labute approximate surface area is 99.8 Å². The molecule has 0 fully saturated rings. The number of hydrogen-bond acceptors (Lipinski definition) is 4. The van der Waals surface area contributed by atoms with Crippen LogP contribution in [0.2, 0.25) is 0 Å². The minimum absolute atomic E-state index is 0.450. The molecule has 1 aromatic rings. The quantitative estimate of drug-likeness (QED) is 0.812. The van der Waals surface area contributed by atoms with Crippen molar-refractivity contribution >= 4 is 11.7 Å². The summed E-state index contributed by atoms with van der Waals surface area (Å²) in [4.78, 5) is 12.9. The summed E-state index contributed by atoms with van der Waals surface area (Å²) in [5, 5.41) is 9.06. The molecule has 0 bridgehead atoms. The topological polar surface area (TPSA) is 75.8 Å². The van der Waals surface area contributed by atoms with E-state index in [1.54, 1.807) is 6.92 Å². The minimum Gasteiger partial charge on any atom is -0.490 e. The largest absolute Gasteiger partial charge is 0.490 e. The van der Waals surface area contributed by atoms with Gasteiger partial charge in [0.25, 0.3) is 0 Å². The lowest BCUT2D eigenvalue weighted by Gasteiger charge is -2.34. The van der Waals surface area contributed by atoms with E-state index in [9.17, 15) is 4.79 Å². The lowest BCUT2D eigenvalue weighted by molar-refractivity contribution is -0.138. The number of carboxylic acids is 1. The first-order valence-corrected chi connectivity index (χ1v) is 5.58. The van der Waals surface area contributed by atoms with Crippen molar-refractivity contribution in [2.24, 2.45) is 5.73 Å². The van der Waals surface area contributed by atoms with Crippen molar-refractivity contribution in [3.05, 3.63) is 23.8 Å². The van der Waals surface area contributed by atoms with Crippen LogP contribution < -0.4 is 15.4 Å². The van der Waals surface area contributed by atoms with Crippen LogP contribution in [0.4, 0.5) is 5.69 Å². The van der Waals surface area contributed by atoms with Gasteiger partial charge in [-0.3, -0.25) is 0 Å². The van der Waals surface area contributed by atoms with Crippen LogP contribution in [0.1, 0.15) is 12.5 Å². The number of carbonyl (C=O) groups is 1. The fourth-order valence-corrected chi connectivity index (χ4v) is 1.95.